The molecule has 2 aromatic rings. The minimum atomic E-state index is -2.22. The maximum atomic E-state index is 12.2. The number of fused-ring (bicyclic) bond motifs is 1. The number of hydrogen-bond acceptors (Lipinski definition) is 3. The normalized spacial score (nSPS) is 13.9. The van der Waals surface area contributed by atoms with E-state index in [0.717, 1.165) is 5.19 Å². The fraction of sp³-hybridized carbons (Fsp3) is 0.111. The number of benzene rings is 2. The molecule has 0 aliphatic heterocycles. The van der Waals surface area contributed by atoms with Gasteiger partial charge in [-0.1, -0.05) is 42.5 Å². The zero-order valence-corrected chi connectivity index (χ0v) is 13.5. The van der Waals surface area contributed by atoms with Crippen LogP contribution >= 0.6 is 0 Å². The smallest absolute Gasteiger partial charge is 0.276 e. The van der Waals surface area contributed by atoms with Crippen molar-refractivity contribution in [1.82, 2.24) is 0 Å². The summed E-state index contributed by atoms with van der Waals surface area (Å²) in [6.07, 6.45) is 2.63. The van der Waals surface area contributed by atoms with E-state index in [2.05, 4.69) is 13.1 Å². The Hall–Kier alpha value is -2.46. The zero-order valence-electron chi connectivity index (χ0n) is 12.5. The van der Waals surface area contributed by atoms with Gasteiger partial charge in [0.15, 0.2) is 11.6 Å². The molecule has 0 amide bonds. The van der Waals surface area contributed by atoms with Gasteiger partial charge in [-0.2, -0.15) is 0 Å². The average molecular weight is 308 g/mol. The molecule has 0 spiro atoms. The third kappa shape index (κ3) is 2.53. The van der Waals surface area contributed by atoms with E-state index < -0.39 is 8.32 Å². The average Bonchev–Trinajstić information content (AvgIpc) is 2.52. The highest BCUT2D eigenvalue weighted by atomic mass is 28.4. The summed E-state index contributed by atoms with van der Waals surface area (Å²) in [5.74, 6) is 0.169. The molecule has 0 aromatic heterocycles. The van der Waals surface area contributed by atoms with Gasteiger partial charge in [-0.05, 0) is 36.5 Å². The van der Waals surface area contributed by atoms with Crippen molar-refractivity contribution in [3.05, 3.63) is 71.8 Å². The third-order valence-corrected chi connectivity index (χ3v) is 6.21. The van der Waals surface area contributed by atoms with Crippen molar-refractivity contribution in [3.8, 4) is 5.75 Å². The molecule has 0 saturated heterocycles. The van der Waals surface area contributed by atoms with Crippen LogP contribution in [0.25, 0.3) is 0 Å². The Morgan fingerprint density at radius 1 is 0.818 bits per heavy atom. The van der Waals surface area contributed by atoms with Crippen LogP contribution in [0.5, 0.6) is 5.75 Å². The van der Waals surface area contributed by atoms with Gasteiger partial charge in [0.2, 0.25) is 0 Å². The zero-order chi connectivity index (χ0) is 15.7. The fourth-order valence-electron chi connectivity index (χ4n) is 2.57. The SMILES string of the molecule is C[Si](C)(Oc1cccc2c1C(=O)C=CC2=O)c1ccccc1. The van der Waals surface area contributed by atoms with E-state index in [0.29, 0.717) is 16.9 Å². The largest absolute Gasteiger partial charge is 0.539 e. The molecule has 22 heavy (non-hydrogen) atoms. The van der Waals surface area contributed by atoms with Crippen molar-refractivity contribution < 1.29 is 14.0 Å². The maximum absolute atomic E-state index is 12.2. The molecular weight excluding hydrogens is 292 g/mol. The second kappa shape index (κ2) is 5.39. The first-order valence-corrected chi connectivity index (χ1v) is 10.0. The van der Waals surface area contributed by atoms with Crippen LogP contribution in [-0.2, 0) is 0 Å². The van der Waals surface area contributed by atoms with Gasteiger partial charge in [0.05, 0.1) is 5.56 Å². The molecule has 2 aromatic carbocycles. The highest BCUT2D eigenvalue weighted by molar-refractivity contribution is 6.85. The lowest BCUT2D eigenvalue weighted by atomic mass is 9.94. The van der Waals surface area contributed by atoms with E-state index in [-0.39, 0.29) is 11.6 Å². The Bertz CT molecular complexity index is 776. The van der Waals surface area contributed by atoms with Gasteiger partial charge >= 0.3 is 0 Å². The standard InChI is InChI=1S/C18H16O3Si/c1-22(2,13-7-4-3-5-8-13)21-17-10-6-9-14-15(19)11-12-16(20)18(14)17/h3-12H,1-2H3. The number of ketones is 2. The number of hydrogen-bond donors (Lipinski definition) is 0. The second-order valence-electron chi connectivity index (χ2n) is 5.72. The topological polar surface area (TPSA) is 43.4 Å². The molecule has 4 heteroatoms. The van der Waals surface area contributed by atoms with Crippen LogP contribution in [0.4, 0.5) is 0 Å². The highest BCUT2D eigenvalue weighted by Gasteiger charge is 2.30. The molecule has 1 aliphatic rings. The fourth-order valence-corrected chi connectivity index (χ4v) is 4.41. The monoisotopic (exact) mass is 308 g/mol. The summed E-state index contributed by atoms with van der Waals surface area (Å²) in [6.45, 7) is 4.15. The maximum Gasteiger partial charge on any atom is 0.276 e. The molecule has 0 radical (unpaired) electrons. The number of carbonyl (C=O) groups excluding carboxylic acids is 2. The molecule has 0 N–H and O–H groups in total. The van der Waals surface area contributed by atoms with E-state index >= 15 is 0 Å². The number of allylic oxidation sites excluding steroid dienone is 2. The summed E-state index contributed by atoms with van der Waals surface area (Å²) >= 11 is 0. The second-order valence-corrected chi connectivity index (χ2v) is 9.52. The molecule has 3 rings (SSSR count). The molecule has 0 heterocycles. The van der Waals surface area contributed by atoms with Crippen molar-refractivity contribution in [2.24, 2.45) is 0 Å². The van der Waals surface area contributed by atoms with E-state index in [4.69, 9.17) is 4.43 Å². The summed E-state index contributed by atoms with van der Waals surface area (Å²) < 4.78 is 6.24. The summed E-state index contributed by atoms with van der Waals surface area (Å²) in [6, 6.07) is 15.2. The Morgan fingerprint density at radius 2 is 1.50 bits per heavy atom. The van der Waals surface area contributed by atoms with Gasteiger partial charge in [0.25, 0.3) is 8.32 Å². The van der Waals surface area contributed by atoms with Gasteiger partial charge in [-0.3, -0.25) is 9.59 Å². The molecule has 110 valence electrons. The summed E-state index contributed by atoms with van der Waals surface area (Å²) in [5.41, 5.74) is 0.800. The van der Waals surface area contributed by atoms with Gasteiger partial charge in [-0.15, -0.1) is 0 Å². The molecule has 0 fully saturated rings. The van der Waals surface area contributed by atoms with Crippen molar-refractivity contribution in [1.29, 1.82) is 0 Å². The van der Waals surface area contributed by atoms with Crippen LogP contribution in [0.15, 0.2) is 60.7 Å². The third-order valence-electron chi connectivity index (χ3n) is 3.76. The van der Waals surface area contributed by atoms with Crippen LogP contribution < -0.4 is 9.61 Å². The molecule has 0 atom stereocenters. The summed E-state index contributed by atoms with van der Waals surface area (Å²) in [4.78, 5) is 24.1. The van der Waals surface area contributed by atoms with Gasteiger partial charge in [-0.25, -0.2) is 0 Å². The van der Waals surface area contributed by atoms with E-state index in [1.807, 2.05) is 30.3 Å². The van der Waals surface area contributed by atoms with Crippen molar-refractivity contribution in [3.63, 3.8) is 0 Å². The predicted molar refractivity (Wildman–Crippen MR) is 88.4 cm³/mol. The van der Waals surface area contributed by atoms with E-state index in [1.54, 1.807) is 18.2 Å². The molecule has 0 unspecified atom stereocenters. The lowest BCUT2D eigenvalue weighted by Crippen LogP contribution is -2.48. The Labute approximate surface area is 130 Å². The minimum Gasteiger partial charge on any atom is -0.539 e. The van der Waals surface area contributed by atoms with Gasteiger partial charge in [0, 0.05) is 5.56 Å². The first-order valence-electron chi connectivity index (χ1n) is 7.13. The molecule has 1 aliphatic carbocycles. The highest BCUT2D eigenvalue weighted by Crippen LogP contribution is 2.28. The van der Waals surface area contributed by atoms with Crippen LogP contribution in [0, 0.1) is 0 Å². The van der Waals surface area contributed by atoms with Crippen molar-refractivity contribution >= 4 is 25.1 Å². The summed E-state index contributed by atoms with van der Waals surface area (Å²) in [5, 5.41) is 1.14. The van der Waals surface area contributed by atoms with Crippen LogP contribution in [0.2, 0.25) is 13.1 Å². The lowest BCUT2D eigenvalue weighted by Gasteiger charge is -2.26. The summed E-state index contributed by atoms with van der Waals surface area (Å²) in [7, 11) is -2.22. The van der Waals surface area contributed by atoms with Crippen LogP contribution in [-0.4, -0.2) is 19.9 Å². The van der Waals surface area contributed by atoms with Crippen molar-refractivity contribution in [2.45, 2.75) is 13.1 Å². The Balaban J connectivity index is 2.03. The minimum absolute atomic E-state index is 0.153. The van der Waals surface area contributed by atoms with Gasteiger partial charge < -0.3 is 4.43 Å². The first-order chi connectivity index (χ1) is 10.5. The van der Waals surface area contributed by atoms with E-state index in [9.17, 15) is 9.59 Å². The van der Waals surface area contributed by atoms with Crippen LogP contribution in [0.3, 0.4) is 0 Å². The molecule has 3 nitrogen and oxygen atoms in total. The van der Waals surface area contributed by atoms with E-state index in [1.165, 1.54) is 12.2 Å². The molecule has 0 bridgehead atoms. The molecular formula is C18H16O3Si. The quantitative estimate of drug-likeness (QED) is 0.818. The van der Waals surface area contributed by atoms with Crippen LogP contribution in [0.1, 0.15) is 20.7 Å². The number of rotatable bonds is 3. The van der Waals surface area contributed by atoms with Gasteiger partial charge in [0.1, 0.15) is 5.75 Å². The Kier molecular flexibility index (Phi) is 3.54. The molecule has 0 saturated carbocycles. The Morgan fingerprint density at radius 3 is 2.23 bits per heavy atom. The first kappa shape index (κ1) is 14.5. The number of carbonyl (C=O) groups is 2. The van der Waals surface area contributed by atoms with Crippen molar-refractivity contribution in [2.75, 3.05) is 0 Å². The lowest BCUT2D eigenvalue weighted by molar-refractivity contribution is 0.0992. The predicted octanol–water partition coefficient (Wildman–Crippen LogP) is 3.11.